The van der Waals surface area contributed by atoms with Gasteiger partial charge < -0.3 is 14.2 Å². The summed E-state index contributed by atoms with van der Waals surface area (Å²) in [6.07, 6.45) is 0. The van der Waals surface area contributed by atoms with Gasteiger partial charge in [-0.15, -0.1) is 0 Å². The fourth-order valence-electron chi connectivity index (χ4n) is 3.59. The molecule has 0 saturated carbocycles. The minimum atomic E-state index is -0.396. The minimum Gasteiger partial charge on any atom is -0.489 e. The molecular formula is C23H23F2N3O3. The van der Waals surface area contributed by atoms with E-state index in [0.717, 1.165) is 5.56 Å². The summed E-state index contributed by atoms with van der Waals surface area (Å²) in [5.41, 5.74) is 1.67. The zero-order valence-corrected chi connectivity index (χ0v) is 17.2. The summed E-state index contributed by atoms with van der Waals surface area (Å²) in [6, 6.07) is 12.4. The summed E-state index contributed by atoms with van der Waals surface area (Å²) in [7, 11) is 0. The maximum atomic E-state index is 13.4. The molecule has 4 rings (SSSR count). The van der Waals surface area contributed by atoms with E-state index in [-0.39, 0.29) is 24.0 Å². The molecule has 2 heterocycles. The third-order valence-corrected chi connectivity index (χ3v) is 5.32. The molecule has 1 aliphatic rings. The van der Waals surface area contributed by atoms with Crippen LogP contribution in [0.5, 0.6) is 5.75 Å². The number of carbonyl (C=O) groups is 1. The predicted octanol–water partition coefficient (Wildman–Crippen LogP) is 3.80. The van der Waals surface area contributed by atoms with Gasteiger partial charge in [0.25, 0.3) is 5.91 Å². The molecule has 1 saturated heterocycles. The van der Waals surface area contributed by atoms with E-state index >= 15 is 0 Å². The van der Waals surface area contributed by atoms with Crippen molar-refractivity contribution < 1.29 is 22.8 Å². The second-order valence-electron chi connectivity index (χ2n) is 7.51. The van der Waals surface area contributed by atoms with Gasteiger partial charge in [-0.3, -0.25) is 9.69 Å². The van der Waals surface area contributed by atoms with Crippen molar-refractivity contribution in [3.8, 4) is 5.75 Å². The van der Waals surface area contributed by atoms with E-state index in [0.29, 0.717) is 49.8 Å². The Morgan fingerprint density at radius 1 is 1.06 bits per heavy atom. The summed E-state index contributed by atoms with van der Waals surface area (Å²) in [4.78, 5) is 16.9. The number of amides is 1. The number of nitrogens with zero attached hydrogens (tertiary/aromatic N) is 3. The smallest absolute Gasteiger partial charge is 0.276 e. The summed E-state index contributed by atoms with van der Waals surface area (Å²) in [5, 5.41) is 3.94. The zero-order valence-electron chi connectivity index (χ0n) is 17.2. The Hall–Kier alpha value is -3.26. The van der Waals surface area contributed by atoms with Crippen molar-refractivity contribution in [3.05, 3.63) is 82.7 Å². The Kier molecular flexibility index (Phi) is 6.27. The molecule has 31 heavy (non-hydrogen) atoms. The Morgan fingerprint density at radius 2 is 1.77 bits per heavy atom. The third-order valence-electron chi connectivity index (χ3n) is 5.32. The van der Waals surface area contributed by atoms with Crippen LogP contribution in [0.25, 0.3) is 0 Å². The highest BCUT2D eigenvalue weighted by Crippen LogP contribution is 2.21. The largest absolute Gasteiger partial charge is 0.489 e. The second kappa shape index (κ2) is 9.26. The molecule has 0 spiro atoms. The monoisotopic (exact) mass is 427 g/mol. The van der Waals surface area contributed by atoms with Crippen molar-refractivity contribution >= 4 is 5.91 Å². The average Bonchev–Trinajstić information content (AvgIpc) is 3.13. The van der Waals surface area contributed by atoms with E-state index in [9.17, 15) is 13.6 Å². The van der Waals surface area contributed by atoms with E-state index in [1.54, 1.807) is 30.0 Å². The van der Waals surface area contributed by atoms with Crippen LogP contribution in [0.2, 0.25) is 0 Å². The van der Waals surface area contributed by atoms with Gasteiger partial charge in [0.2, 0.25) is 0 Å². The van der Waals surface area contributed by atoms with Crippen LogP contribution in [0, 0.1) is 18.6 Å². The molecule has 0 bridgehead atoms. The molecule has 1 fully saturated rings. The molecule has 0 radical (unpaired) electrons. The summed E-state index contributed by atoms with van der Waals surface area (Å²) in [5.74, 6) is -0.0118. The van der Waals surface area contributed by atoms with Gasteiger partial charge in [0.15, 0.2) is 5.69 Å². The highest BCUT2D eigenvalue weighted by Gasteiger charge is 2.28. The number of carbonyl (C=O) groups excluding carboxylic acids is 1. The molecule has 3 aromatic rings. The standard InChI is InChI=1S/C23H23F2N3O3/c1-16-21(15-30-20-7-3-6-19(25)13-20)22(26-31-16)23(29)28-10-8-27(9-11-28)14-17-4-2-5-18(24)12-17/h2-7,12-13H,8-11,14-15H2,1H3. The van der Waals surface area contributed by atoms with E-state index in [1.807, 2.05) is 6.07 Å². The van der Waals surface area contributed by atoms with Crippen LogP contribution >= 0.6 is 0 Å². The fraction of sp³-hybridized carbons (Fsp3) is 0.304. The van der Waals surface area contributed by atoms with Crippen molar-refractivity contribution in [2.45, 2.75) is 20.1 Å². The Morgan fingerprint density at radius 3 is 2.48 bits per heavy atom. The molecule has 1 aliphatic heterocycles. The molecule has 162 valence electrons. The summed E-state index contributed by atoms with van der Waals surface area (Å²) >= 11 is 0. The number of hydrogen-bond acceptors (Lipinski definition) is 5. The van der Waals surface area contributed by atoms with E-state index in [4.69, 9.17) is 9.26 Å². The van der Waals surface area contributed by atoms with Crippen LogP contribution in [0.15, 0.2) is 53.1 Å². The Bertz CT molecular complexity index is 1060. The highest BCUT2D eigenvalue weighted by atomic mass is 19.1. The summed E-state index contributed by atoms with van der Waals surface area (Å²) < 4.78 is 37.6. The number of aromatic nitrogens is 1. The molecule has 0 unspecified atom stereocenters. The number of benzene rings is 2. The van der Waals surface area contributed by atoms with Crippen LogP contribution in [-0.4, -0.2) is 47.0 Å². The number of piperazine rings is 1. The lowest BCUT2D eigenvalue weighted by Crippen LogP contribution is -2.48. The molecule has 0 aliphatic carbocycles. The predicted molar refractivity (Wildman–Crippen MR) is 110 cm³/mol. The maximum Gasteiger partial charge on any atom is 0.276 e. The van der Waals surface area contributed by atoms with Gasteiger partial charge in [-0.25, -0.2) is 8.78 Å². The second-order valence-corrected chi connectivity index (χ2v) is 7.51. The van der Waals surface area contributed by atoms with Crippen molar-refractivity contribution in [2.24, 2.45) is 0 Å². The normalized spacial score (nSPS) is 14.6. The fourth-order valence-corrected chi connectivity index (χ4v) is 3.59. The number of ether oxygens (including phenoxy) is 1. The molecule has 6 nitrogen and oxygen atoms in total. The molecular weight excluding hydrogens is 404 g/mol. The van der Waals surface area contributed by atoms with Gasteiger partial charge in [0.1, 0.15) is 29.8 Å². The van der Waals surface area contributed by atoms with Crippen molar-refractivity contribution in [2.75, 3.05) is 26.2 Å². The molecule has 8 heteroatoms. The number of hydrogen-bond donors (Lipinski definition) is 0. The van der Waals surface area contributed by atoms with E-state index < -0.39 is 5.82 Å². The summed E-state index contributed by atoms with van der Waals surface area (Å²) in [6.45, 7) is 4.82. The van der Waals surface area contributed by atoms with Gasteiger partial charge in [-0.05, 0) is 36.8 Å². The van der Waals surface area contributed by atoms with E-state index in [2.05, 4.69) is 10.1 Å². The zero-order chi connectivity index (χ0) is 21.8. The highest BCUT2D eigenvalue weighted by molar-refractivity contribution is 5.93. The first-order valence-corrected chi connectivity index (χ1v) is 10.1. The number of halogens is 2. The van der Waals surface area contributed by atoms with Crippen LogP contribution in [0.4, 0.5) is 8.78 Å². The van der Waals surface area contributed by atoms with Gasteiger partial charge >= 0.3 is 0 Å². The molecule has 2 aromatic carbocycles. The number of rotatable bonds is 6. The number of aryl methyl sites for hydroxylation is 1. The maximum absolute atomic E-state index is 13.4. The SMILES string of the molecule is Cc1onc(C(=O)N2CCN(Cc3cccc(F)c3)CC2)c1COc1cccc(F)c1. The Balaban J connectivity index is 1.37. The lowest BCUT2D eigenvalue weighted by Gasteiger charge is -2.34. The van der Waals surface area contributed by atoms with Gasteiger partial charge in [-0.1, -0.05) is 23.4 Å². The molecule has 1 aromatic heterocycles. The molecule has 0 N–H and O–H groups in total. The van der Waals surface area contributed by atoms with Crippen LogP contribution in [0.3, 0.4) is 0 Å². The van der Waals surface area contributed by atoms with E-state index in [1.165, 1.54) is 24.3 Å². The lowest BCUT2D eigenvalue weighted by atomic mass is 10.1. The average molecular weight is 427 g/mol. The molecule has 0 atom stereocenters. The van der Waals surface area contributed by atoms with Gasteiger partial charge in [0, 0.05) is 38.8 Å². The first-order chi connectivity index (χ1) is 15.0. The quantitative estimate of drug-likeness (QED) is 0.599. The van der Waals surface area contributed by atoms with Crippen LogP contribution in [-0.2, 0) is 13.2 Å². The third kappa shape index (κ3) is 5.08. The molecule has 1 amide bonds. The first-order valence-electron chi connectivity index (χ1n) is 10.1. The van der Waals surface area contributed by atoms with Crippen LogP contribution in [0.1, 0.15) is 27.4 Å². The topological polar surface area (TPSA) is 58.8 Å². The van der Waals surface area contributed by atoms with Crippen molar-refractivity contribution in [1.29, 1.82) is 0 Å². The minimum absolute atomic E-state index is 0.0550. The van der Waals surface area contributed by atoms with Crippen molar-refractivity contribution in [1.82, 2.24) is 15.0 Å². The lowest BCUT2D eigenvalue weighted by molar-refractivity contribution is 0.0616. The van der Waals surface area contributed by atoms with Gasteiger partial charge in [-0.2, -0.15) is 0 Å². The van der Waals surface area contributed by atoms with Crippen LogP contribution < -0.4 is 4.74 Å². The van der Waals surface area contributed by atoms with Crippen molar-refractivity contribution in [3.63, 3.8) is 0 Å². The van der Waals surface area contributed by atoms with Gasteiger partial charge in [0.05, 0.1) is 5.56 Å². The Labute approximate surface area is 179 Å². The first kappa shape index (κ1) is 21.0.